The summed E-state index contributed by atoms with van der Waals surface area (Å²) in [7, 11) is 0. The van der Waals surface area contributed by atoms with Crippen LogP contribution in [0.1, 0.15) is 5.56 Å². The van der Waals surface area contributed by atoms with E-state index < -0.39 is 11.6 Å². The molecule has 0 atom stereocenters. The molecule has 0 aliphatic heterocycles. The molecule has 2 aromatic carbocycles. The highest BCUT2D eigenvalue weighted by Crippen LogP contribution is 2.34. The topological polar surface area (TPSA) is 12.0 Å². The molecule has 0 radical (unpaired) electrons. The van der Waals surface area contributed by atoms with Crippen molar-refractivity contribution in [2.45, 2.75) is 6.54 Å². The van der Waals surface area contributed by atoms with Gasteiger partial charge in [-0.15, -0.1) is 0 Å². The quantitative estimate of drug-likeness (QED) is 0.611. The summed E-state index contributed by atoms with van der Waals surface area (Å²) in [4.78, 5) is 0. The second-order valence-corrected chi connectivity index (χ2v) is 6.47. The summed E-state index contributed by atoms with van der Waals surface area (Å²) in [5.41, 5.74) is 1.52. The lowest BCUT2D eigenvalue weighted by atomic mass is 10.2. The SMILES string of the molecule is Fc1ccc(CNc2c(Br)cc(Br)cc2Br)cc1F. The van der Waals surface area contributed by atoms with E-state index in [1.54, 1.807) is 6.07 Å². The summed E-state index contributed by atoms with van der Waals surface area (Å²) in [6.07, 6.45) is 0. The van der Waals surface area contributed by atoms with Crippen molar-refractivity contribution in [3.05, 3.63) is 60.9 Å². The summed E-state index contributed by atoms with van der Waals surface area (Å²) < 4.78 is 28.6. The van der Waals surface area contributed by atoms with Crippen LogP contribution < -0.4 is 5.32 Å². The molecule has 1 nitrogen and oxygen atoms in total. The Morgan fingerprint density at radius 1 is 0.895 bits per heavy atom. The van der Waals surface area contributed by atoms with Gasteiger partial charge in [-0.1, -0.05) is 22.0 Å². The molecular formula is C13H8Br3F2N. The van der Waals surface area contributed by atoms with Gasteiger partial charge in [0, 0.05) is 20.0 Å². The predicted octanol–water partition coefficient (Wildman–Crippen LogP) is 5.86. The Morgan fingerprint density at radius 3 is 2.11 bits per heavy atom. The first-order valence-electron chi connectivity index (χ1n) is 5.29. The van der Waals surface area contributed by atoms with Gasteiger partial charge in [0.25, 0.3) is 0 Å². The van der Waals surface area contributed by atoms with Gasteiger partial charge in [0.15, 0.2) is 11.6 Å². The van der Waals surface area contributed by atoms with Crippen LogP contribution in [-0.4, -0.2) is 0 Å². The number of benzene rings is 2. The van der Waals surface area contributed by atoms with Gasteiger partial charge in [-0.3, -0.25) is 0 Å². The maximum atomic E-state index is 13.1. The van der Waals surface area contributed by atoms with Gasteiger partial charge < -0.3 is 5.32 Å². The molecule has 0 aliphatic rings. The fourth-order valence-corrected chi connectivity index (χ4v) is 4.09. The van der Waals surface area contributed by atoms with Crippen LogP contribution in [0, 0.1) is 11.6 Å². The lowest BCUT2D eigenvalue weighted by Gasteiger charge is -2.11. The highest BCUT2D eigenvalue weighted by Gasteiger charge is 2.07. The minimum Gasteiger partial charge on any atom is -0.379 e. The van der Waals surface area contributed by atoms with Crippen molar-refractivity contribution < 1.29 is 8.78 Å². The second kappa shape index (κ2) is 6.33. The highest BCUT2D eigenvalue weighted by molar-refractivity contribution is 9.11. The van der Waals surface area contributed by atoms with Crippen LogP contribution in [0.2, 0.25) is 0 Å². The van der Waals surface area contributed by atoms with Gasteiger partial charge in [0.1, 0.15) is 0 Å². The van der Waals surface area contributed by atoms with Crippen molar-refractivity contribution in [1.29, 1.82) is 0 Å². The highest BCUT2D eigenvalue weighted by atomic mass is 79.9. The molecule has 0 aliphatic carbocycles. The zero-order valence-electron chi connectivity index (χ0n) is 9.48. The van der Waals surface area contributed by atoms with Crippen LogP contribution in [-0.2, 0) is 6.54 Å². The smallest absolute Gasteiger partial charge is 0.159 e. The molecule has 2 aromatic rings. The first-order chi connectivity index (χ1) is 8.97. The van der Waals surface area contributed by atoms with Gasteiger partial charge in [0.2, 0.25) is 0 Å². The van der Waals surface area contributed by atoms with Crippen LogP contribution in [0.3, 0.4) is 0 Å². The van der Waals surface area contributed by atoms with E-state index in [1.807, 2.05) is 12.1 Å². The molecule has 100 valence electrons. The number of hydrogen-bond acceptors (Lipinski definition) is 1. The standard InChI is InChI=1S/C13H8Br3F2N/c14-8-4-9(15)13(10(16)5-8)19-6-7-1-2-11(17)12(18)3-7/h1-5,19H,6H2. The van der Waals surface area contributed by atoms with Crippen molar-refractivity contribution in [1.82, 2.24) is 0 Å². The average molecular weight is 456 g/mol. The van der Waals surface area contributed by atoms with Gasteiger partial charge in [-0.2, -0.15) is 0 Å². The molecule has 0 aromatic heterocycles. The van der Waals surface area contributed by atoms with Crippen molar-refractivity contribution in [2.24, 2.45) is 0 Å². The number of halogens is 5. The first-order valence-corrected chi connectivity index (χ1v) is 7.67. The van der Waals surface area contributed by atoms with Crippen molar-refractivity contribution in [3.63, 3.8) is 0 Å². The molecule has 0 saturated heterocycles. The maximum absolute atomic E-state index is 13.1. The van der Waals surface area contributed by atoms with Gasteiger partial charge >= 0.3 is 0 Å². The average Bonchev–Trinajstić information content (AvgIpc) is 2.32. The molecule has 6 heteroatoms. The fourth-order valence-electron chi connectivity index (χ4n) is 1.55. The molecule has 0 fully saturated rings. The summed E-state index contributed by atoms with van der Waals surface area (Å²) in [6, 6.07) is 7.66. The monoisotopic (exact) mass is 453 g/mol. The minimum atomic E-state index is -0.840. The molecule has 19 heavy (non-hydrogen) atoms. The third kappa shape index (κ3) is 3.77. The van der Waals surface area contributed by atoms with E-state index in [0.717, 1.165) is 25.2 Å². The molecule has 0 spiro atoms. The molecule has 2 rings (SSSR count). The third-order valence-electron chi connectivity index (χ3n) is 2.46. The Balaban J connectivity index is 2.16. The maximum Gasteiger partial charge on any atom is 0.159 e. The number of hydrogen-bond donors (Lipinski definition) is 1. The van der Waals surface area contributed by atoms with Crippen LogP contribution in [0.5, 0.6) is 0 Å². The zero-order valence-corrected chi connectivity index (χ0v) is 14.2. The van der Waals surface area contributed by atoms with E-state index in [0.29, 0.717) is 12.1 Å². The van der Waals surface area contributed by atoms with Gasteiger partial charge in [0.05, 0.1) is 5.69 Å². The molecule has 0 unspecified atom stereocenters. The fraction of sp³-hybridized carbons (Fsp3) is 0.0769. The zero-order chi connectivity index (χ0) is 14.0. The van der Waals surface area contributed by atoms with E-state index >= 15 is 0 Å². The molecule has 0 heterocycles. The lowest BCUT2D eigenvalue weighted by molar-refractivity contribution is 0.507. The van der Waals surface area contributed by atoms with Crippen molar-refractivity contribution in [3.8, 4) is 0 Å². The molecule has 0 amide bonds. The van der Waals surface area contributed by atoms with Gasteiger partial charge in [-0.05, 0) is 61.7 Å². The minimum absolute atomic E-state index is 0.399. The molecule has 0 bridgehead atoms. The van der Waals surface area contributed by atoms with Crippen molar-refractivity contribution in [2.75, 3.05) is 5.32 Å². The Kier molecular flexibility index (Phi) is 4.97. The summed E-state index contributed by atoms with van der Waals surface area (Å²) in [6.45, 7) is 0.399. The van der Waals surface area contributed by atoms with Crippen molar-refractivity contribution >= 4 is 53.5 Å². The Hall–Kier alpha value is -0.460. The normalized spacial score (nSPS) is 10.6. The van der Waals surface area contributed by atoms with Crippen LogP contribution in [0.4, 0.5) is 14.5 Å². The van der Waals surface area contributed by atoms with Crippen LogP contribution in [0.25, 0.3) is 0 Å². The van der Waals surface area contributed by atoms with Gasteiger partial charge in [-0.25, -0.2) is 8.78 Å². The number of anilines is 1. The van der Waals surface area contributed by atoms with Crippen LogP contribution in [0.15, 0.2) is 43.7 Å². The van der Waals surface area contributed by atoms with E-state index in [-0.39, 0.29) is 0 Å². The summed E-state index contributed by atoms with van der Waals surface area (Å²) >= 11 is 10.3. The number of nitrogens with one attached hydrogen (secondary N) is 1. The summed E-state index contributed by atoms with van der Waals surface area (Å²) in [5.74, 6) is -1.68. The molecule has 1 N–H and O–H groups in total. The van der Waals surface area contributed by atoms with E-state index in [4.69, 9.17) is 0 Å². The predicted molar refractivity (Wildman–Crippen MR) is 83.2 cm³/mol. The Labute approximate surface area is 134 Å². The van der Waals surface area contributed by atoms with E-state index in [1.165, 1.54) is 6.07 Å². The third-order valence-corrected chi connectivity index (χ3v) is 4.17. The second-order valence-electron chi connectivity index (χ2n) is 3.85. The lowest BCUT2D eigenvalue weighted by Crippen LogP contribution is -2.02. The van der Waals surface area contributed by atoms with E-state index in [2.05, 4.69) is 53.1 Å². The largest absolute Gasteiger partial charge is 0.379 e. The van der Waals surface area contributed by atoms with Crippen LogP contribution >= 0.6 is 47.8 Å². The molecular weight excluding hydrogens is 448 g/mol. The molecule has 0 saturated carbocycles. The van der Waals surface area contributed by atoms with E-state index in [9.17, 15) is 8.78 Å². The number of rotatable bonds is 3. The summed E-state index contributed by atoms with van der Waals surface area (Å²) in [5, 5.41) is 3.17. The Bertz CT molecular complexity index is 594. The first kappa shape index (κ1) is 14.9. The Morgan fingerprint density at radius 2 is 1.53 bits per heavy atom.